The molecule has 1 aliphatic rings. The van der Waals surface area contributed by atoms with Crippen LogP contribution in [0.15, 0.2) is 24.3 Å². The van der Waals surface area contributed by atoms with E-state index in [1.165, 1.54) is 6.42 Å². The maximum atomic E-state index is 12.8. The van der Waals surface area contributed by atoms with E-state index >= 15 is 0 Å². The molecule has 29 heavy (non-hydrogen) atoms. The largest absolute Gasteiger partial charge is 0.484 e. The van der Waals surface area contributed by atoms with E-state index in [1.807, 2.05) is 18.7 Å². The molecule has 1 fully saturated rings. The summed E-state index contributed by atoms with van der Waals surface area (Å²) in [5.74, 6) is 0.509. The molecular weight excluding hydrogens is 368 g/mol. The molecule has 0 bridgehead atoms. The molecule has 6 nitrogen and oxygen atoms in total. The Balaban J connectivity index is 1.86. The summed E-state index contributed by atoms with van der Waals surface area (Å²) in [4.78, 5) is 26.8. The molecule has 0 aromatic heterocycles. The number of nitrogens with zero attached hydrogens (tertiary/aromatic N) is 1. The van der Waals surface area contributed by atoms with Crippen molar-refractivity contribution < 1.29 is 19.1 Å². The van der Waals surface area contributed by atoms with Crippen LogP contribution in [0.1, 0.15) is 65.7 Å². The quantitative estimate of drug-likeness (QED) is 0.555. The molecule has 1 N–H and O–H groups in total. The number of rotatable bonds is 11. The van der Waals surface area contributed by atoms with Crippen LogP contribution >= 0.6 is 0 Å². The van der Waals surface area contributed by atoms with Crippen LogP contribution in [0.4, 0.5) is 5.69 Å². The summed E-state index contributed by atoms with van der Waals surface area (Å²) in [6.45, 7) is 8.09. The van der Waals surface area contributed by atoms with E-state index in [1.54, 1.807) is 24.3 Å². The summed E-state index contributed by atoms with van der Waals surface area (Å²) in [6.07, 6.45) is 7.17. The van der Waals surface area contributed by atoms with Crippen molar-refractivity contribution in [3.8, 4) is 5.75 Å². The van der Waals surface area contributed by atoms with Crippen LogP contribution in [0.25, 0.3) is 0 Å². The molecule has 0 saturated carbocycles. The van der Waals surface area contributed by atoms with Gasteiger partial charge in [0.15, 0.2) is 6.61 Å². The van der Waals surface area contributed by atoms with E-state index in [0.717, 1.165) is 45.2 Å². The van der Waals surface area contributed by atoms with Crippen LogP contribution in [0, 0.1) is 0 Å². The molecule has 1 atom stereocenters. The Morgan fingerprint density at radius 1 is 1.07 bits per heavy atom. The number of carbonyl (C=O) groups excluding carboxylic acids is 2. The summed E-state index contributed by atoms with van der Waals surface area (Å²) in [7, 11) is 0. The Labute approximate surface area is 174 Å². The van der Waals surface area contributed by atoms with Crippen molar-refractivity contribution >= 4 is 17.5 Å². The third-order valence-electron chi connectivity index (χ3n) is 5.38. The van der Waals surface area contributed by atoms with Gasteiger partial charge in [-0.2, -0.15) is 0 Å². The SMILES string of the molecule is CCCCC[C@](C)(OCC)C(=O)Nc1ccc(OCC(=O)N2CCCCC2)cc1. The van der Waals surface area contributed by atoms with Gasteiger partial charge in [0.1, 0.15) is 11.4 Å². The lowest BCUT2D eigenvalue weighted by Crippen LogP contribution is -2.42. The molecule has 1 aromatic rings. The Kier molecular flexibility index (Phi) is 9.45. The molecule has 0 unspecified atom stereocenters. The first-order valence-corrected chi connectivity index (χ1v) is 10.9. The number of amides is 2. The van der Waals surface area contributed by atoms with Gasteiger partial charge in [-0.15, -0.1) is 0 Å². The van der Waals surface area contributed by atoms with Crippen molar-refractivity contribution in [3.05, 3.63) is 24.3 Å². The lowest BCUT2D eigenvalue weighted by atomic mass is 9.96. The maximum Gasteiger partial charge on any atom is 0.260 e. The van der Waals surface area contributed by atoms with Gasteiger partial charge in [-0.05, 0) is 63.8 Å². The normalized spacial score (nSPS) is 16.2. The summed E-state index contributed by atoms with van der Waals surface area (Å²) >= 11 is 0. The predicted molar refractivity (Wildman–Crippen MR) is 115 cm³/mol. The molecule has 2 rings (SSSR count). The van der Waals surface area contributed by atoms with Crippen molar-refractivity contribution in [1.82, 2.24) is 4.90 Å². The van der Waals surface area contributed by atoms with Gasteiger partial charge >= 0.3 is 0 Å². The van der Waals surface area contributed by atoms with Crippen LogP contribution in [0.3, 0.4) is 0 Å². The summed E-state index contributed by atoms with van der Waals surface area (Å²) in [6, 6.07) is 7.12. The molecule has 6 heteroatoms. The van der Waals surface area contributed by atoms with E-state index in [4.69, 9.17) is 9.47 Å². The van der Waals surface area contributed by atoms with Gasteiger partial charge in [0.2, 0.25) is 0 Å². The molecule has 1 saturated heterocycles. The molecule has 1 heterocycles. The second-order valence-corrected chi connectivity index (χ2v) is 7.83. The van der Waals surface area contributed by atoms with E-state index < -0.39 is 5.60 Å². The van der Waals surface area contributed by atoms with Gasteiger partial charge in [-0.25, -0.2) is 0 Å². The lowest BCUT2D eigenvalue weighted by molar-refractivity contribution is -0.139. The van der Waals surface area contributed by atoms with Crippen molar-refractivity contribution in [2.24, 2.45) is 0 Å². The Morgan fingerprint density at radius 3 is 2.38 bits per heavy atom. The molecule has 0 radical (unpaired) electrons. The van der Waals surface area contributed by atoms with Gasteiger partial charge in [0.25, 0.3) is 11.8 Å². The minimum absolute atomic E-state index is 0.0293. The number of anilines is 1. The summed E-state index contributed by atoms with van der Waals surface area (Å²) in [5, 5.41) is 2.94. The molecule has 0 aliphatic carbocycles. The number of hydrogen-bond acceptors (Lipinski definition) is 4. The van der Waals surface area contributed by atoms with Crippen LogP contribution in [0.2, 0.25) is 0 Å². The number of likely N-dealkylation sites (tertiary alicyclic amines) is 1. The van der Waals surface area contributed by atoms with Gasteiger partial charge < -0.3 is 19.7 Å². The topological polar surface area (TPSA) is 67.9 Å². The van der Waals surface area contributed by atoms with Gasteiger partial charge in [0, 0.05) is 25.4 Å². The zero-order valence-electron chi connectivity index (χ0n) is 18.2. The third kappa shape index (κ3) is 7.35. The number of unbranched alkanes of at least 4 members (excludes halogenated alkanes) is 2. The first-order valence-electron chi connectivity index (χ1n) is 10.9. The van der Waals surface area contributed by atoms with Crippen molar-refractivity contribution in [2.45, 2.75) is 71.3 Å². The second kappa shape index (κ2) is 11.8. The lowest BCUT2D eigenvalue weighted by Gasteiger charge is -2.28. The third-order valence-corrected chi connectivity index (χ3v) is 5.38. The van der Waals surface area contributed by atoms with Gasteiger partial charge in [-0.1, -0.05) is 26.2 Å². The standard InChI is InChI=1S/C23H36N2O4/c1-4-6-8-15-23(3,29-5-2)22(27)24-19-11-13-20(14-12-19)28-18-21(26)25-16-9-7-10-17-25/h11-14H,4-10,15-18H2,1-3H3,(H,24,27)/t23-/m0/s1. The Hall–Kier alpha value is -2.08. The predicted octanol–water partition coefficient (Wildman–Crippen LogP) is 4.39. The highest BCUT2D eigenvalue weighted by atomic mass is 16.5. The fourth-order valence-corrected chi connectivity index (χ4v) is 3.56. The van der Waals surface area contributed by atoms with Crippen molar-refractivity contribution in [1.29, 1.82) is 0 Å². The van der Waals surface area contributed by atoms with Crippen LogP contribution in [-0.2, 0) is 14.3 Å². The fourth-order valence-electron chi connectivity index (χ4n) is 3.56. The summed E-state index contributed by atoms with van der Waals surface area (Å²) < 4.78 is 11.4. The molecule has 162 valence electrons. The molecule has 1 aliphatic heterocycles. The van der Waals surface area contributed by atoms with Crippen LogP contribution in [0.5, 0.6) is 5.75 Å². The number of nitrogens with one attached hydrogen (secondary N) is 1. The minimum Gasteiger partial charge on any atom is -0.484 e. The molecule has 2 amide bonds. The highest BCUT2D eigenvalue weighted by molar-refractivity contribution is 5.97. The van der Waals surface area contributed by atoms with Crippen molar-refractivity contribution in [2.75, 3.05) is 31.6 Å². The number of piperidine rings is 1. The van der Waals surface area contributed by atoms with Crippen LogP contribution < -0.4 is 10.1 Å². The van der Waals surface area contributed by atoms with Gasteiger partial charge in [0.05, 0.1) is 0 Å². The van der Waals surface area contributed by atoms with E-state index in [9.17, 15) is 9.59 Å². The molecular formula is C23H36N2O4. The van der Waals surface area contributed by atoms with E-state index in [2.05, 4.69) is 12.2 Å². The smallest absolute Gasteiger partial charge is 0.260 e. The average Bonchev–Trinajstić information content (AvgIpc) is 2.74. The summed E-state index contributed by atoms with van der Waals surface area (Å²) in [5.41, 5.74) is -0.147. The van der Waals surface area contributed by atoms with Crippen LogP contribution in [-0.4, -0.2) is 48.6 Å². The van der Waals surface area contributed by atoms with Crippen molar-refractivity contribution in [3.63, 3.8) is 0 Å². The average molecular weight is 405 g/mol. The highest BCUT2D eigenvalue weighted by Gasteiger charge is 2.33. The minimum atomic E-state index is -0.833. The first-order chi connectivity index (χ1) is 14.0. The van der Waals surface area contributed by atoms with E-state index in [0.29, 0.717) is 24.5 Å². The zero-order valence-corrected chi connectivity index (χ0v) is 18.2. The highest BCUT2D eigenvalue weighted by Crippen LogP contribution is 2.23. The molecule has 0 spiro atoms. The second-order valence-electron chi connectivity index (χ2n) is 7.83. The number of carbonyl (C=O) groups is 2. The Bertz CT molecular complexity index is 641. The molecule has 1 aromatic carbocycles. The monoisotopic (exact) mass is 404 g/mol. The Morgan fingerprint density at radius 2 is 1.76 bits per heavy atom. The first kappa shape index (κ1) is 23.2. The van der Waals surface area contributed by atoms with Gasteiger partial charge in [-0.3, -0.25) is 9.59 Å². The maximum absolute atomic E-state index is 12.8. The van der Waals surface area contributed by atoms with E-state index in [-0.39, 0.29) is 18.4 Å². The number of hydrogen-bond donors (Lipinski definition) is 1. The zero-order chi connectivity index (χ0) is 21.1. The fraction of sp³-hybridized carbons (Fsp3) is 0.652. The number of ether oxygens (including phenoxy) is 2. The number of benzene rings is 1.